The largest absolute Gasteiger partial charge is 0.378 e. The van der Waals surface area contributed by atoms with Crippen molar-refractivity contribution in [3.05, 3.63) is 22.2 Å². The molecule has 1 rings (SSSR count). The summed E-state index contributed by atoms with van der Waals surface area (Å²) in [5.41, 5.74) is 5.33. The van der Waals surface area contributed by atoms with Crippen LogP contribution in [0.15, 0.2) is 12.1 Å². The predicted molar refractivity (Wildman–Crippen MR) is 71.6 cm³/mol. The number of pyridine rings is 1. The van der Waals surface area contributed by atoms with Crippen molar-refractivity contribution in [1.29, 1.82) is 0 Å². The first kappa shape index (κ1) is 14.2. The lowest BCUT2D eigenvalue weighted by Gasteiger charge is -2.09. The van der Waals surface area contributed by atoms with Gasteiger partial charge >= 0.3 is 5.69 Å². The summed E-state index contributed by atoms with van der Waals surface area (Å²) in [7, 11) is 4.07. The molecule has 3 N–H and O–H groups in total. The van der Waals surface area contributed by atoms with Crippen molar-refractivity contribution in [3.63, 3.8) is 0 Å². The summed E-state index contributed by atoms with van der Waals surface area (Å²) in [6.45, 7) is 1.82. The summed E-state index contributed by atoms with van der Waals surface area (Å²) in [6, 6.07) is 2.94. The molecule has 1 heterocycles. The molecule has 0 radical (unpaired) electrons. The van der Waals surface area contributed by atoms with Crippen LogP contribution in [0, 0.1) is 10.1 Å². The molecule has 0 saturated heterocycles. The summed E-state index contributed by atoms with van der Waals surface area (Å²) in [6.07, 6.45) is 2.10. The number of nitrogens with two attached hydrogens (primary N) is 1. The first-order valence-corrected chi connectivity index (χ1v) is 5.80. The van der Waals surface area contributed by atoms with Crippen LogP contribution in [-0.4, -0.2) is 42.0 Å². The van der Waals surface area contributed by atoms with Crippen molar-refractivity contribution >= 4 is 17.3 Å². The molecule has 0 unspecified atom stereocenters. The van der Waals surface area contributed by atoms with E-state index in [4.69, 9.17) is 5.73 Å². The first-order valence-electron chi connectivity index (χ1n) is 5.80. The van der Waals surface area contributed by atoms with E-state index in [1.807, 2.05) is 14.1 Å². The van der Waals surface area contributed by atoms with E-state index < -0.39 is 4.92 Å². The number of hydrogen-bond acceptors (Lipinski definition) is 6. The summed E-state index contributed by atoms with van der Waals surface area (Å²) < 4.78 is 0. The van der Waals surface area contributed by atoms with E-state index in [-0.39, 0.29) is 11.5 Å². The Bertz CT molecular complexity index is 408. The Morgan fingerprint density at radius 3 is 2.72 bits per heavy atom. The second-order valence-electron chi connectivity index (χ2n) is 4.30. The van der Waals surface area contributed by atoms with E-state index in [0.717, 1.165) is 25.9 Å². The second kappa shape index (κ2) is 6.75. The molecular formula is C11H19N5O2. The summed E-state index contributed by atoms with van der Waals surface area (Å²) in [5, 5.41) is 13.6. The van der Waals surface area contributed by atoms with Crippen molar-refractivity contribution in [1.82, 2.24) is 9.88 Å². The molecule has 0 amide bonds. The monoisotopic (exact) mass is 253 g/mol. The number of aromatic nitrogens is 1. The van der Waals surface area contributed by atoms with Crippen LogP contribution < -0.4 is 11.1 Å². The van der Waals surface area contributed by atoms with Gasteiger partial charge in [0.25, 0.3) is 0 Å². The van der Waals surface area contributed by atoms with E-state index in [9.17, 15) is 10.1 Å². The Balaban J connectivity index is 2.39. The molecule has 1 aromatic rings. The van der Waals surface area contributed by atoms with Crippen LogP contribution in [0.25, 0.3) is 0 Å². The number of nitrogen functional groups attached to an aromatic ring is 1. The Hall–Kier alpha value is -1.89. The molecule has 0 aliphatic heterocycles. The molecule has 0 fully saturated rings. The molecule has 100 valence electrons. The van der Waals surface area contributed by atoms with Crippen LogP contribution in [-0.2, 0) is 0 Å². The number of rotatable bonds is 7. The summed E-state index contributed by atoms with van der Waals surface area (Å²) in [5.74, 6) is 0.515. The molecule has 7 nitrogen and oxygen atoms in total. The predicted octanol–water partition coefficient (Wildman–Crippen LogP) is 1.33. The van der Waals surface area contributed by atoms with Crippen molar-refractivity contribution in [3.8, 4) is 0 Å². The highest BCUT2D eigenvalue weighted by atomic mass is 16.6. The van der Waals surface area contributed by atoms with Gasteiger partial charge in [0.05, 0.1) is 4.92 Å². The lowest BCUT2D eigenvalue weighted by Crippen LogP contribution is -2.14. The zero-order chi connectivity index (χ0) is 13.5. The maximum absolute atomic E-state index is 10.6. The van der Waals surface area contributed by atoms with Crippen LogP contribution in [0.3, 0.4) is 0 Å². The van der Waals surface area contributed by atoms with Gasteiger partial charge in [-0.15, -0.1) is 0 Å². The second-order valence-corrected chi connectivity index (χ2v) is 4.30. The van der Waals surface area contributed by atoms with Crippen molar-refractivity contribution in [2.45, 2.75) is 12.8 Å². The van der Waals surface area contributed by atoms with Gasteiger partial charge in [-0.25, -0.2) is 4.98 Å². The van der Waals surface area contributed by atoms with Gasteiger partial charge in [0.1, 0.15) is 5.82 Å². The average molecular weight is 253 g/mol. The topological polar surface area (TPSA) is 97.3 Å². The first-order chi connectivity index (χ1) is 8.50. The Labute approximate surface area is 106 Å². The minimum atomic E-state index is -0.538. The Kier molecular flexibility index (Phi) is 5.31. The maximum Gasteiger partial charge on any atom is 0.311 e. The molecule has 0 aliphatic rings. The summed E-state index contributed by atoms with van der Waals surface area (Å²) in [4.78, 5) is 16.1. The molecule has 18 heavy (non-hydrogen) atoms. The third-order valence-corrected chi connectivity index (χ3v) is 2.44. The fraction of sp³-hybridized carbons (Fsp3) is 0.545. The third-order valence-electron chi connectivity index (χ3n) is 2.44. The van der Waals surface area contributed by atoms with Gasteiger partial charge in [0.2, 0.25) is 5.82 Å². The number of hydrogen-bond donors (Lipinski definition) is 2. The van der Waals surface area contributed by atoms with Crippen molar-refractivity contribution in [2.75, 3.05) is 38.2 Å². The highest BCUT2D eigenvalue weighted by Gasteiger charge is 2.12. The smallest absolute Gasteiger partial charge is 0.311 e. The van der Waals surface area contributed by atoms with Gasteiger partial charge in [-0.1, -0.05) is 0 Å². The van der Waals surface area contributed by atoms with Crippen molar-refractivity contribution in [2.24, 2.45) is 0 Å². The number of unbranched alkanes of at least 4 members (excludes halogenated alkanes) is 1. The van der Waals surface area contributed by atoms with Crippen LogP contribution in [0.2, 0.25) is 0 Å². The normalized spacial score (nSPS) is 10.6. The molecule has 0 saturated carbocycles. The van der Waals surface area contributed by atoms with E-state index in [0.29, 0.717) is 5.82 Å². The van der Waals surface area contributed by atoms with E-state index in [2.05, 4.69) is 15.2 Å². The quantitative estimate of drug-likeness (QED) is 0.432. The molecule has 0 atom stereocenters. The highest BCUT2D eigenvalue weighted by molar-refractivity contribution is 5.57. The maximum atomic E-state index is 10.6. The SMILES string of the molecule is CN(C)CCCCNc1ccc([N+](=O)[O-])c(N)n1. The van der Waals surface area contributed by atoms with Crippen LogP contribution >= 0.6 is 0 Å². The average Bonchev–Trinajstić information content (AvgIpc) is 2.27. The number of nitrogens with zero attached hydrogens (tertiary/aromatic N) is 3. The lowest BCUT2D eigenvalue weighted by atomic mass is 10.3. The van der Waals surface area contributed by atoms with E-state index >= 15 is 0 Å². The Morgan fingerprint density at radius 1 is 1.44 bits per heavy atom. The summed E-state index contributed by atoms with van der Waals surface area (Å²) >= 11 is 0. The zero-order valence-electron chi connectivity index (χ0n) is 10.7. The molecule has 0 spiro atoms. The fourth-order valence-corrected chi connectivity index (χ4v) is 1.49. The minimum Gasteiger partial charge on any atom is -0.378 e. The van der Waals surface area contributed by atoms with Gasteiger partial charge in [0, 0.05) is 12.6 Å². The molecule has 0 aliphatic carbocycles. The van der Waals surface area contributed by atoms with Gasteiger partial charge in [-0.05, 0) is 39.5 Å². The third kappa shape index (κ3) is 4.54. The molecule has 1 aromatic heterocycles. The van der Waals surface area contributed by atoms with E-state index in [1.165, 1.54) is 6.07 Å². The molecule has 0 bridgehead atoms. The van der Waals surface area contributed by atoms with Gasteiger partial charge < -0.3 is 16.0 Å². The number of nitro groups is 1. The van der Waals surface area contributed by atoms with Crippen LogP contribution in [0.4, 0.5) is 17.3 Å². The van der Waals surface area contributed by atoms with Gasteiger partial charge in [-0.2, -0.15) is 0 Å². The molecule has 7 heteroatoms. The number of nitrogens with one attached hydrogen (secondary N) is 1. The van der Waals surface area contributed by atoms with Gasteiger partial charge in [-0.3, -0.25) is 10.1 Å². The zero-order valence-corrected chi connectivity index (χ0v) is 10.7. The number of anilines is 2. The van der Waals surface area contributed by atoms with Crippen LogP contribution in [0.1, 0.15) is 12.8 Å². The molecule has 0 aromatic carbocycles. The van der Waals surface area contributed by atoms with Crippen LogP contribution in [0.5, 0.6) is 0 Å². The highest BCUT2D eigenvalue weighted by Crippen LogP contribution is 2.20. The minimum absolute atomic E-state index is 0.0571. The fourth-order valence-electron chi connectivity index (χ4n) is 1.49. The molecular weight excluding hydrogens is 234 g/mol. The van der Waals surface area contributed by atoms with Crippen molar-refractivity contribution < 1.29 is 4.92 Å². The standard InChI is InChI=1S/C11H19N5O2/c1-15(2)8-4-3-7-13-10-6-5-9(16(17)18)11(12)14-10/h5-6H,3-4,7-8H2,1-2H3,(H3,12,13,14). The lowest BCUT2D eigenvalue weighted by molar-refractivity contribution is -0.384. The van der Waals surface area contributed by atoms with Gasteiger partial charge in [0.15, 0.2) is 0 Å². The Morgan fingerprint density at radius 2 is 2.17 bits per heavy atom. The van der Waals surface area contributed by atoms with E-state index in [1.54, 1.807) is 6.07 Å².